The maximum absolute atomic E-state index is 13.4. The number of anilines is 1. The standard InChI is InChI=1S/C21H24Cl2N4O6S/c1-4-19(21(29)24-2)25(12-14-8-9-17(22)18(23)10-14)20(28)13-26(34(3,32)33)15-6-5-7-16(11-15)27(30)31/h5-11,19H,4,12-13H2,1-3H3,(H,24,29)/t19-/m0/s1. The zero-order valence-electron chi connectivity index (χ0n) is 18.7. The third-order valence-electron chi connectivity index (χ3n) is 4.98. The van der Waals surface area contributed by atoms with Gasteiger partial charge in [-0.15, -0.1) is 0 Å². The Morgan fingerprint density at radius 3 is 2.35 bits per heavy atom. The monoisotopic (exact) mass is 530 g/mol. The van der Waals surface area contributed by atoms with Crippen LogP contribution in [0.1, 0.15) is 18.9 Å². The zero-order valence-corrected chi connectivity index (χ0v) is 21.0. The molecule has 0 aliphatic carbocycles. The van der Waals surface area contributed by atoms with Gasteiger partial charge in [0.25, 0.3) is 5.69 Å². The number of non-ortho nitro benzene ring substituents is 1. The molecule has 184 valence electrons. The molecule has 1 N–H and O–H groups in total. The maximum atomic E-state index is 13.4. The van der Waals surface area contributed by atoms with Gasteiger partial charge in [0.15, 0.2) is 0 Å². The lowest BCUT2D eigenvalue weighted by Crippen LogP contribution is -2.51. The van der Waals surface area contributed by atoms with E-state index in [0.29, 0.717) is 10.6 Å². The van der Waals surface area contributed by atoms with Crippen LogP contribution in [0.4, 0.5) is 11.4 Å². The number of carbonyl (C=O) groups excluding carboxylic acids is 2. The van der Waals surface area contributed by atoms with Crippen LogP contribution in [0.5, 0.6) is 0 Å². The predicted molar refractivity (Wildman–Crippen MR) is 130 cm³/mol. The van der Waals surface area contributed by atoms with Crippen molar-refractivity contribution in [2.75, 3.05) is 24.2 Å². The first-order chi connectivity index (χ1) is 15.9. The van der Waals surface area contributed by atoms with Gasteiger partial charge in [-0.2, -0.15) is 0 Å². The molecule has 0 saturated carbocycles. The summed E-state index contributed by atoms with van der Waals surface area (Å²) in [5, 5.41) is 14.2. The lowest BCUT2D eigenvalue weighted by molar-refractivity contribution is -0.384. The molecule has 34 heavy (non-hydrogen) atoms. The van der Waals surface area contributed by atoms with E-state index in [2.05, 4.69) is 5.32 Å². The Balaban J connectivity index is 2.48. The first-order valence-electron chi connectivity index (χ1n) is 10.1. The van der Waals surface area contributed by atoms with Gasteiger partial charge in [-0.05, 0) is 30.2 Å². The smallest absolute Gasteiger partial charge is 0.271 e. The number of nitro groups is 1. The fourth-order valence-corrected chi connectivity index (χ4v) is 4.46. The average Bonchev–Trinajstić information content (AvgIpc) is 2.78. The Morgan fingerprint density at radius 1 is 1.15 bits per heavy atom. The Bertz CT molecular complexity index is 1190. The molecule has 0 aliphatic rings. The minimum absolute atomic E-state index is 0.0474. The van der Waals surface area contributed by atoms with Crippen LogP contribution in [0.25, 0.3) is 0 Å². The second-order valence-corrected chi connectivity index (χ2v) is 10.1. The number of nitrogens with one attached hydrogen (secondary N) is 1. The van der Waals surface area contributed by atoms with Gasteiger partial charge in [0, 0.05) is 25.7 Å². The van der Waals surface area contributed by atoms with Crippen LogP contribution in [-0.4, -0.2) is 55.9 Å². The molecule has 13 heteroatoms. The molecule has 2 rings (SSSR count). The number of rotatable bonds is 10. The van der Waals surface area contributed by atoms with E-state index in [-0.39, 0.29) is 29.4 Å². The number of nitro benzene ring substituents is 1. The summed E-state index contributed by atoms with van der Waals surface area (Å²) in [5.74, 6) is -1.12. The summed E-state index contributed by atoms with van der Waals surface area (Å²) < 4.78 is 25.8. The van der Waals surface area contributed by atoms with Crippen molar-refractivity contribution in [3.8, 4) is 0 Å². The van der Waals surface area contributed by atoms with Gasteiger partial charge in [0.2, 0.25) is 21.8 Å². The van der Waals surface area contributed by atoms with Crippen molar-refractivity contribution in [1.29, 1.82) is 0 Å². The Kier molecular flexibility index (Phi) is 9.25. The number of likely N-dealkylation sites (N-methyl/N-ethyl adjacent to an activating group) is 1. The van der Waals surface area contributed by atoms with E-state index in [0.717, 1.165) is 16.6 Å². The molecule has 0 heterocycles. The van der Waals surface area contributed by atoms with Gasteiger partial charge in [-0.3, -0.25) is 24.0 Å². The molecule has 0 bridgehead atoms. The van der Waals surface area contributed by atoms with Crippen molar-refractivity contribution in [2.24, 2.45) is 0 Å². The summed E-state index contributed by atoms with van der Waals surface area (Å²) >= 11 is 12.1. The summed E-state index contributed by atoms with van der Waals surface area (Å²) in [6, 6.07) is 8.78. The summed E-state index contributed by atoms with van der Waals surface area (Å²) in [6.07, 6.45) is 1.14. The molecule has 1 atom stereocenters. The largest absolute Gasteiger partial charge is 0.357 e. The highest BCUT2D eigenvalue weighted by Crippen LogP contribution is 2.26. The molecule has 0 aromatic heterocycles. The molecule has 0 spiro atoms. The van der Waals surface area contributed by atoms with Crippen molar-refractivity contribution in [3.05, 3.63) is 68.2 Å². The van der Waals surface area contributed by atoms with E-state index in [1.807, 2.05) is 0 Å². The Labute approximate surface area is 207 Å². The first-order valence-corrected chi connectivity index (χ1v) is 12.7. The van der Waals surface area contributed by atoms with Crippen LogP contribution in [-0.2, 0) is 26.2 Å². The van der Waals surface area contributed by atoms with Gasteiger partial charge in [0.05, 0.1) is 26.9 Å². The molecule has 0 fully saturated rings. The molecule has 10 nitrogen and oxygen atoms in total. The highest BCUT2D eigenvalue weighted by Gasteiger charge is 2.31. The first kappa shape index (κ1) is 27.4. The van der Waals surface area contributed by atoms with E-state index in [1.54, 1.807) is 25.1 Å². The van der Waals surface area contributed by atoms with E-state index in [1.165, 1.54) is 30.1 Å². The molecule has 2 amide bonds. The summed E-state index contributed by atoms with van der Waals surface area (Å²) in [7, 11) is -2.58. The van der Waals surface area contributed by atoms with Crippen molar-refractivity contribution < 1.29 is 22.9 Å². The van der Waals surface area contributed by atoms with E-state index < -0.39 is 39.3 Å². The maximum Gasteiger partial charge on any atom is 0.271 e. The zero-order chi connectivity index (χ0) is 25.6. The van der Waals surface area contributed by atoms with Crippen molar-refractivity contribution >= 4 is 56.4 Å². The Morgan fingerprint density at radius 2 is 1.82 bits per heavy atom. The second kappa shape index (κ2) is 11.5. The molecule has 0 saturated heterocycles. The molecule has 0 aliphatic heterocycles. The lowest BCUT2D eigenvalue weighted by Gasteiger charge is -2.32. The van der Waals surface area contributed by atoms with Crippen LogP contribution < -0.4 is 9.62 Å². The number of halogens is 2. The number of amides is 2. The second-order valence-electron chi connectivity index (χ2n) is 7.35. The van der Waals surface area contributed by atoms with Crippen LogP contribution in [0.15, 0.2) is 42.5 Å². The van der Waals surface area contributed by atoms with Crippen LogP contribution in [0, 0.1) is 10.1 Å². The highest BCUT2D eigenvalue weighted by molar-refractivity contribution is 7.92. The normalized spacial score (nSPS) is 12.0. The van der Waals surface area contributed by atoms with E-state index in [4.69, 9.17) is 23.2 Å². The number of carbonyl (C=O) groups is 2. The fraction of sp³-hybridized carbons (Fsp3) is 0.333. The Hall–Kier alpha value is -2.89. The van der Waals surface area contributed by atoms with Gasteiger partial charge < -0.3 is 10.2 Å². The third kappa shape index (κ3) is 6.81. The van der Waals surface area contributed by atoms with Crippen molar-refractivity contribution in [2.45, 2.75) is 25.9 Å². The quantitative estimate of drug-likeness (QED) is 0.370. The number of hydrogen-bond donors (Lipinski definition) is 1. The summed E-state index contributed by atoms with van der Waals surface area (Å²) in [6.45, 7) is 0.993. The van der Waals surface area contributed by atoms with Gasteiger partial charge in [0.1, 0.15) is 12.6 Å². The number of sulfonamides is 1. The minimum Gasteiger partial charge on any atom is -0.357 e. The molecular weight excluding hydrogens is 507 g/mol. The predicted octanol–water partition coefficient (Wildman–Crippen LogP) is 3.22. The molecule has 2 aromatic rings. The lowest BCUT2D eigenvalue weighted by atomic mass is 10.1. The van der Waals surface area contributed by atoms with Gasteiger partial charge in [-0.1, -0.05) is 42.3 Å². The molecule has 0 unspecified atom stereocenters. The number of nitrogens with zero attached hydrogens (tertiary/aromatic N) is 3. The van der Waals surface area contributed by atoms with Gasteiger partial charge in [-0.25, -0.2) is 8.42 Å². The number of hydrogen-bond acceptors (Lipinski definition) is 6. The third-order valence-corrected chi connectivity index (χ3v) is 6.86. The highest BCUT2D eigenvalue weighted by atomic mass is 35.5. The summed E-state index contributed by atoms with van der Waals surface area (Å²) in [4.78, 5) is 37.7. The van der Waals surface area contributed by atoms with E-state index in [9.17, 15) is 28.1 Å². The fourth-order valence-electron chi connectivity index (χ4n) is 3.30. The minimum atomic E-state index is -4.01. The SMILES string of the molecule is CC[C@@H](C(=O)NC)N(Cc1ccc(Cl)c(Cl)c1)C(=O)CN(c1cccc([N+](=O)[O-])c1)S(C)(=O)=O. The molecular formula is C21H24Cl2N4O6S. The van der Waals surface area contributed by atoms with Crippen molar-refractivity contribution in [1.82, 2.24) is 10.2 Å². The molecule has 2 aromatic carbocycles. The van der Waals surface area contributed by atoms with E-state index >= 15 is 0 Å². The molecule has 0 radical (unpaired) electrons. The summed E-state index contributed by atoms with van der Waals surface area (Å²) in [5.41, 5.74) is 0.196. The topological polar surface area (TPSA) is 130 Å². The van der Waals surface area contributed by atoms with Crippen LogP contribution in [0.3, 0.4) is 0 Å². The number of benzene rings is 2. The van der Waals surface area contributed by atoms with Crippen LogP contribution >= 0.6 is 23.2 Å². The van der Waals surface area contributed by atoms with Crippen LogP contribution in [0.2, 0.25) is 10.0 Å². The van der Waals surface area contributed by atoms with Crippen molar-refractivity contribution in [3.63, 3.8) is 0 Å². The van der Waals surface area contributed by atoms with Gasteiger partial charge >= 0.3 is 0 Å². The average molecular weight is 531 g/mol.